The lowest BCUT2D eigenvalue weighted by Crippen LogP contribution is -2.29. The zero-order chi connectivity index (χ0) is 12.3. The molecule has 2 aromatic heterocycles. The molecule has 1 atom stereocenters. The molecule has 0 saturated carbocycles. The lowest BCUT2D eigenvalue weighted by Gasteiger charge is -2.16. The Morgan fingerprint density at radius 2 is 2.29 bits per heavy atom. The summed E-state index contributed by atoms with van der Waals surface area (Å²) in [6, 6.07) is 2.13. The molecule has 0 aliphatic rings. The van der Waals surface area contributed by atoms with Crippen LogP contribution in [0.1, 0.15) is 23.9 Å². The Morgan fingerprint density at radius 1 is 1.47 bits per heavy atom. The Bertz CT molecular complexity index is 472. The number of imidazole rings is 1. The first kappa shape index (κ1) is 11.8. The van der Waals surface area contributed by atoms with Crippen molar-refractivity contribution in [2.45, 2.75) is 18.9 Å². The van der Waals surface area contributed by atoms with Crippen LogP contribution >= 0.6 is 0 Å². The standard InChI is InChI=1S/C11H18N6/c1-16-8-13-7-11(16)10(15-12)4-3-9-5-6-14-17(9)2/h5-8,10,15H,3-4,12H2,1-2H3. The van der Waals surface area contributed by atoms with Gasteiger partial charge in [-0.3, -0.25) is 16.0 Å². The number of hydrazine groups is 1. The molecule has 2 rings (SSSR count). The normalized spacial score (nSPS) is 12.9. The summed E-state index contributed by atoms with van der Waals surface area (Å²) in [5, 5.41) is 4.15. The summed E-state index contributed by atoms with van der Waals surface area (Å²) in [6.07, 6.45) is 7.27. The molecule has 6 nitrogen and oxygen atoms in total. The van der Waals surface area contributed by atoms with Gasteiger partial charge in [0.15, 0.2) is 0 Å². The van der Waals surface area contributed by atoms with Crippen LogP contribution in [-0.2, 0) is 20.5 Å². The fourth-order valence-electron chi connectivity index (χ4n) is 1.96. The Balaban J connectivity index is 2.02. The van der Waals surface area contributed by atoms with Gasteiger partial charge in [-0.15, -0.1) is 0 Å². The molecule has 0 radical (unpaired) electrons. The molecule has 0 fully saturated rings. The van der Waals surface area contributed by atoms with Crippen LogP contribution in [0, 0.1) is 0 Å². The van der Waals surface area contributed by atoms with Crippen LogP contribution in [0.4, 0.5) is 0 Å². The zero-order valence-corrected chi connectivity index (χ0v) is 10.2. The fourth-order valence-corrected chi connectivity index (χ4v) is 1.96. The molecule has 2 aromatic rings. The third-order valence-corrected chi connectivity index (χ3v) is 3.02. The number of aromatic nitrogens is 4. The van der Waals surface area contributed by atoms with E-state index in [9.17, 15) is 0 Å². The summed E-state index contributed by atoms with van der Waals surface area (Å²) in [6.45, 7) is 0. The van der Waals surface area contributed by atoms with Crippen LogP contribution in [0.2, 0.25) is 0 Å². The van der Waals surface area contributed by atoms with Crippen LogP contribution in [0.3, 0.4) is 0 Å². The van der Waals surface area contributed by atoms with Gasteiger partial charge in [0.2, 0.25) is 0 Å². The van der Waals surface area contributed by atoms with E-state index in [1.54, 1.807) is 6.33 Å². The Morgan fingerprint density at radius 3 is 2.82 bits per heavy atom. The first-order valence-electron chi connectivity index (χ1n) is 5.61. The lowest BCUT2D eigenvalue weighted by molar-refractivity contribution is 0.483. The van der Waals surface area contributed by atoms with E-state index in [1.807, 2.05) is 41.8 Å². The Hall–Kier alpha value is -1.66. The molecule has 6 heteroatoms. The molecule has 17 heavy (non-hydrogen) atoms. The van der Waals surface area contributed by atoms with Crippen LogP contribution in [0.15, 0.2) is 24.8 Å². The number of rotatable bonds is 5. The van der Waals surface area contributed by atoms with Gasteiger partial charge < -0.3 is 4.57 Å². The molecule has 3 N–H and O–H groups in total. The number of nitrogens with one attached hydrogen (secondary N) is 1. The van der Waals surface area contributed by atoms with Crippen molar-refractivity contribution in [2.75, 3.05) is 0 Å². The molecule has 0 bridgehead atoms. The third-order valence-electron chi connectivity index (χ3n) is 3.02. The van der Waals surface area contributed by atoms with Crippen LogP contribution in [0.25, 0.3) is 0 Å². The number of hydrogen-bond donors (Lipinski definition) is 2. The summed E-state index contributed by atoms with van der Waals surface area (Å²) in [5.41, 5.74) is 5.13. The predicted molar refractivity (Wildman–Crippen MR) is 64.8 cm³/mol. The van der Waals surface area contributed by atoms with Crippen molar-refractivity contribution in [3.05, 3.63) is 36.2 Å². The molecule has 0 saturated heterocycles. The maximum Gasteiger partial charge on any atom is 0.0946 e. The first-order valence-corrected chi connectivity index (χ1v) is 5.61. The van der Waals surface area contributed by atoms with Crippen molar-refractivity contribution in [1.82, 2.24) is 24.8 Å². The molecule has 1 unspecified atom stereocenters. The highest BCUT2D eigenvalue weighted by molar-refractivity contribution is 5.07. The van der Waals surface area contributed by atoms with E-state index in [-0.39, 0.29) is 6.04 Å². The van der Waals surface area contributed by atoms with E-state index in [2.05, 4.69) is 15.5 Å². The second kappa shape index (κ2) is 5.11. The average molecular weight is 234 g/mol. The van der Waals surface area contributed by atoms with Crippen molar-refractivity contribution < 1.29 is 0 Å². The molecular weight excluding hydrogens is 216 g/mol. The Labute approximate surface area is 100 Å². The van der Waals surface area contributed by atoms with Gasteiger partial charge in [-0.05, 0) is 18.9 Å². The number of hydrogen-bond acceptors (Lipinski definition) is 4. The van der Waals surface area contributed by atoms with E-state index < -0.39 is 0 Å². The van der Waals surface area contributed by atoms with Gasteiger partial charge >= 0.3 is 0 Å². The van der Waals surface area contributed by atoms with Gasteiger partial charge in [-0.2, -0.15) is 5.10 Å². The average Bonchev–Trinajstić information content (AvgIpc) is 2.90. The van der Waals surface area contributed by atoms with E-state index in [0.717, 1.165) is 18.5 Å². The molecule has 2 heterocycles. The van der Waals surface area contributed by atoms with Gasteiger partial charge in [0.05, 0.1) is 18.1 Å². The van der Waals surface area contributed by atoms with Gasteiger partial charge in [0.25, 0.3) is 0 Å². The summed E-state index contributed by atoms with van der Waals surface area (Å²) in [7, 11) is 3.92. The smallest absolute Gasteiger partial charge is 0.0946 e. The van der Waals surface area contributed by atoms with E-state index in [1.165, 1.54) is 5.69 Å². The zero-order valence-electron chi connectivity index (χ0n) is 10.2. The predicted octanol–water partition coefficient (Wildman–Crippen LogP) is 0.291. The third kappa shape index (κ3) is 2.54. The van der Waals surface area contributed by atoms with Crippen molar-refractivity contribution in [1.29, 1.82) is 0 Å². The second-order valence-electron chi connectivity index (χ2n) is 4.13. The topological polar surface area (TPSA) is 73.7 Å². The largest absolute Gasteiger partial charge is 0.336 e. The highest BCUT2D eigenvalue weighted by atomic mass is 15.3. The van der Waals surface area contributed by atoms with Crippen molar-refractivity contribution in [3.8, 4) is 0 Å². The van der Waals surface area contributed by atoms with Crippen LogP contribution < -0.4 is 11.3 Å². The summed E-state index contributed by atoms with van der Waals surface area (Å²) in [5.74, 6) is 5.60. The van der Waals surface area contributed by atoms with E-state index in [0.29, 0.717) is 0 Å². The van der Waals surface area contributed by atoms with Gasteiger partial charge in [0.1, 0.15) is 0 Å². The molecule has 0 aliphatic carbocycles. The number of nitrogens with zero attached hydrogens (tertiary/aromatic N) is 4. The maximum atomic E-state index is 5.60. The summed E-state index contributed by atoms with van der Waals surface area (Å²) < 4.78 is 3.87. The molecule has 0 aliphatic heterocycles. The Kier molecular flexibility index (Phi) is 3.55. The van der Waals surface area contributed by atoms with Crippen molar-refractivity contribution in [2.24, 2.45) is 19.9 Å². The van der Waals surface area contributed by atoms with E-state index >= 15 is 0 Å². The summed E-state index contributed by atoms with van der Waals surface area (Å²) in [4.78, 5) is 4.10. The quantitative estimate of drug-likeness (QED) is 0.576. The van der Waals surface area contributed by atoms with Gasteiger partial charge in [-0.1, -0.05) is 0 Å². The number of nitrogens with two attached hydrogens (primary N) is 1. The fraction of sp³-hybridized carbons (Fsp3) is 0.455. The molecular formula is C11H18N6. The lowest BCUT2D eigenvalue weighted by atomic mass is 10.1. The molecule has 0 amide bonds. The molecule has 0 spiro atoms. The van der Waals surface area contributed by atoms with Crippen molar-refractivity contribution >= 4 is 0 Å². The summed E-state index contributed by atoms with van der Waals surface area (Å²) >= 11 is 0. The second-order valence-corrected chi connectivity index (χ2v) is 4.13. The van der Waals surface area contributed by atoms with E-state index in [4.69, 9.17) is 5.84 Å². The van der Waals surface area contributed by atoms with Gasteiger partial charge in [0, 0.05) is 32.2 Å². The first-order chi connectivity index (χ1) is 8.22. The minimum atomic E-state index is 0.109. The molecule has 92 valence electrons. The highest BCUT2D eigenvalue weighted by Crippen LogP contribution is 2.17. The van der Waals surface area contributed by atoms with Crippen molar-refractivity contribution in [3.63, 3.8) is 0 Å². The monoisotopic (exact) mass is 234 g/mol. The SMILES string of the molecule is Cn1cncc1C(CCc1ccnn1C)NN. The van der Waals surface area contributed by atoms with Crippen LogP contribution in [0.5, 0.6) is 0 Å². The number of aryl methyl sites for hydroxylation is 3. The van der Waals surface area contributed by atoms with Gasteiger partial charge in [-0.25, -0.2) is 4.98 Å². The minimum absolute atomic E-state index is 0.109. The minimum Gasteiger partial charge on any atom is -0.336 e. The maximum absolute atomic E-state index is 5.60. The highest BCUT2D eigenvalue weighted by Gasteiger charge is 2.13. The van der Waals surface area contributed by atoms with Crippen LogP contribution in [-0.4, -0.2) is 19.3 Å². The molecule has 0 aromatic carbocycles.